The molecule has 0 fully saturated rings. The van der Waals surface area contributed by atoms with Crippen molar-refractivity contribution in [1.29, 1.82) is 0 Å². The Labute approximate surface area is 201 Å². The minimum Gasteiger partial charge on any atom is -0.350 e. The molecule has 2 aromatic carbocycles. The van der Waals surface area contributed by atoms with Gasteiger partial charge in [0, 0.05) is 28.6 Å². The molecule has 4 rings (SSSR count). The summed E-state index contributed by atoms with van der Waals surface area (Å²) in [7, 11) is 0. The molecular weight excluding hydrogens is 459 g/mol. The predicted octanol–water partition coefficient (Wildman–Crippen LogP) is 6.09. The number of hydrogen-bond donors (Lipinski definition) is 1. The van der Waals surface area contributed by atoms with Crippen LogP contribution in [0.1, 0.15) is 41.8 Å². The lowest BCUT2D eigenvalue weighted by Gasteiger charge is -2.12. The van der Waals surface area contributed by atoms with E-state index >= 15 is 0 Å². The summed E-state index contributed by atoms with van der Waals surface area (Å²) < 4.78 is 15.5. The first-order valence-electron chi connectivity index (χ1n) is 10.7. The number of carbonyl (C=O) groups is 1. The zero-order valence-electron chi connectivity index (χ0n) is 18.4. The summed E-state index contributed by atoms with van der Waals surface area (Å²) in [4.78, 5) is 21.4. The van der Waals surface area contributed by atoms with Crippen LogP contribution >= 0.6 is 23.4 Å². The van der Waals surface area contributed by atoms with Gasteiger partial charge in [-0.1, -0.05) is 48.5 Å². The van der Waals surface area contributed by atoms with Gasteiger partial charge in [-0.25, -0.2) is 9.37 Å². The fourth-order valence-electron chi connectivity index (χ4n) is 3.35. The number of benzene rings is 2. The lowest BCUT2D eigenvalue weighted by molar-refractivity contribution is 0.0939. The number of imidazole rings is 1. The lowest BCUT2D eigenvalue weighted by atomic mass is 10.1. The van der Waals surface area contributed by atoms with Gasteiger partial charge >= 0.3 is 0 Å². The second-order valence-corrected chi connectivity index (χ2v) is 9.20. The van der Waals surface area contributed by atoms with Crippen LogP contribution in [0.4, 0.5) is 4.39 Å². The largest absolute Gasteiger partial charge is 0.350 e. The summed E-state index contributed by atoms with van der Waals surface area (Å²) in [5, 5.41) is 4.20. The highest BCUT2D eigenvalue weighted by Gasteiger charge is 2.14. The summed E-state index contributed by atoms with van der Waals surface area (Å²) in [6.45, 7) is 4.61. The first-order chi connectivity index (χ1) is 15.9. The third kappa shape index (κ3) is 5.54. The first kappa shape index (κ1) is 23.3. The Morgan fingerprint density at radius 3 is 2.73 bits per heavy atom. The van der Waals surface area contributed by atoms with Crippen molar-refractivity contribution in [3.05, 3.63) is 88.5 Å². The van der Waals surface area contributed by atoms with Crippen LogP contribution in [0.3, 0.4) is 0 Å². The van der Waals surface area contributed by atoms with Crippen LogP contribution < -0.4 is 5.32 Å². The normalized spacial score (nSPS) is 12.1. The van der Waals surface area contributed by atoms with Gasteiger partial charge in [0.25, 0.3) is 5.91 Å². The van der Waals surface area contributed by atoms with E-state index in [1.54, 1.807) is 18.5 Å². The summed E-state index contributed by atoms with van der Waals surface area (Å²) in [5.74, 6) is 0.138. The molecule has 0 spiro atoms. The van der Waals surface area contributed by atoms with Crippen molar-refractivity contribution in [3.8, 4) is 0 Å². The summed E-state index contributed by atoms with van der Waals surface area (Å²) in [6, 6.07) is 14.0. The van der Waals surface area contributed by atoms with Crippen LogP contribution in [0, 0.1) is 5.82 Å². The van der Waals surface area contributed by atoms with Gasteiger partial charge in [-0.2, -0.15) is 0 Å². The molecule has 8 heteroatoms. The number of fused-ring (bicyclic) bond motifs is 1. The Bertz CT molecular complexity index is 1280. The number of halogens is 2. The van der Waals surface area contributed by atoms with Gasteiger partial charge in [-0.3, -0.25) is 9.78 Å². The topological polar surface area (TPSA) is 59.8 Å². The zero-order chi connectivity index (χ0) is 23.4. The van der Waals surface area contributed by atoms with Gasteiger partial charge in [0.15, 0.2) is 5.16 Å². The quantitative estimate of drug-likeness (QED) is 0.308. The van der Waals surface area contributed by atoms with Crippen LogP contribution in [0.15, 0.2) is 66.1 Å². The maximum absolute atomic E-state index is 13.4. The highest BCUT2D eigenvalue weighted by Crippen LogP contribution is 2.30. The van der Waals surface area contributed by atoms with Crippen LogP contribution in [-0.2, 0) is 12.3 Å². The van der Waals surface area contributed by atoms with Gasteiger partial charge < -0.3 is 9.88 Å². The molecule has 0 aliphatic heterocycles. The number of amides is 1. The minimum absolute atomic E-state index is 0.0689. The molecule has 1 amide bonds. The van der Waals surface area contributed by atoms with Crippen molar-refractivity contribution in [2.45, 2.75) is 43.8 Å². The van der Waals surface area contributed by atoms with E-state index in [-0.39, 0.29) is 17.8 Å². The standard InChI is InChI=1S/C25H24ClFN4OS/c1-3-16(2)29-24(32)18-6-4-17(5-7-18)14-31-23-13-28-11-10-22(23)30-25(31)33-15-19-8-9-20(27)12-21(19)26/h4-13,16H,3,14-15H2,1-2H3,(H,29,32)/t16-/m1/s1. The van der Waals surface area contributed by atoms with Crippen molar-refractivity contribution < 1.29 is 9.18 Å². The van der Waals surface area contributed by atoms with Crippen LogP contribution in [0.5, 0.6) is 0 Å². The summed E-state index contributed by atoms with van der Waals surface area (Å²) in [5.41, 5.74) is 4.29. The fourth-order valence-corrected chi connectivity index (χ4v) is 4.68. The molecule has 0 aliphatic carbocycles. The minimum atomic E-state index is -0.353. The Hall–Kier alpha value is -2.90. The van der Waals surface area contributed by atoms with Gasteiger partial charge in [-0.05, 0) is 54.8 Å². The summed E-state index contributed by atoms with van der Waals surface area (Å²) in [6.07, 6.45) is 4.40. The maximum Gasteiger partial charge on any atom is 0.251 e. The van der Waals surface area contributed by atoms with E-state index in [1.165, 1.54) is 23.9 Å². The van der Waals surface area contributed by atoms with Crippen LogP contribution in [-0.4, -0.2) is 26.5 Å². The number of carbonyl (C=O) groups excluding carboxylic acids is 1. The van der Waals surface area contributed by atoms with Crippen LogP contribution in [0.2, 0.25) is 5.02 Å². The fraction of sp³-hybridized carbons (Fsp3) is 0.240. The number of aromatic nitrogens is 3. The molecule has 2 heterocycles. The number of rotatable bonds is 8. The molecule has 0 aliphatic rings. The number of hydrogen-bond acceptors (Lipinski definition) is 4. The second-order valence-electron chi connectivity index (χ2n) is 7.85. The Morgan fingerprint density at radius 1 is 1.21 bits per heavy atom. The molecule has 170 valence electrons. The first-order valence-corrected chi connectivity index (χ1v) is 12.1. The van der Waals surface area contributed by atoms with Gasteiger partial charge in [0.2, 0.25) is 0 Å². The van der Waals surface area contributed by atoms with Crippen molar-refractivity contribution in [3.63, 3.8) is 0 Å². The predicted molar refractivity (Wildman–Crippen MR) is 131 cm³/mol. The maximum atomic E-state index is 13.4. The number of nitrogens with zero attached hydrogens (tertiary/aromatic N) is 3. The van der Waals surface area contributed by atoms with Crippen LogP contribution in [0.25, 0.3) is 11.0 Å². The van der Waals surface area contributed by atoms with Gasteiger partial charge in [0.1, 0.15) is 5.82 Å². The van der Waals surface area contributed by atoms with Gasteiger partial charge in [-0.15, -0.1) is 0 Å². The molecular formula is C25H24ClFN4OS. The monoisotopic (exact) mass is 482 g/mol. The van der Waals surface area contributed by atoms with E-state index in [1.807, 2.05) is 44.2 Å². The smallest absolute Gasteiger partial charge is 0.251 e. The molecule has 1 N–H and O–H groups in total. The molecule has 0 saturated carbocycles. The van der Waals surface area contributed by atoms with Gasteiger partial charge in [0.05, 0.1) is 23.8 Å². The van der Waals surface area contributed by atoms with E-state index in [0.717, 1.165) is 33.7 Å². The molecule has 2 aromatic heterocycles. The van der Waals surface area contributed by atoms with Crippen molar-refractivity contribution in [2.24, 2.45) is 0 Å². The highest BCUT2D eigenvalue weighted by atomic mass is 35.5. The Morgan fingerprint density at radius 2 is 2.00 bits per heavy atom. The Kier molecular flexibility index (Phi) is 7.30. The average Bonchev–Trinajstić information content (AvgIpc) is 3.16. The van der Waals surface area contributed by atoms with E-state index < -0.39 is 0 Å². The van der Waals surface area contributed by atoms with Crippen molar-refractivity contribution in [2.75, 3.05) is 0 Å². The third-order valence-corrected chi connectivity index (χ3v) is 6.81. The van der Waals surface area contributed by atoms with E-state index in [9.17, 15) is 9.18 Å². The highest BCUT2D eigenvalue weighted by molar-refractivity contribution is 7.98. The number of thioether (sulfide) groups is 1. The van der Waals surface area contributed by atoms with Crippen molar-refractivity contribution in [1.82, 2.24) is 19.9 Å². The molecule has 33 heavy (non-hydrogen) atoms. The third-order valence-electron chi connectivity index (χ3n) is 5.43. The second kappa shape index (κ2) is 10.4. The summed E-state index contributed by atoms with van der Waals surface area (Å²) >= 11 is 7.74. The molecule has 0 bridgehead atoms. The Balaban J connectivity index is 1.56. The number of nitrogens with one attached hydrogen (secondary N) is 1. The lowest BCUT2D eigenvalue weighted by Crippen LogP contribution is -2.31. The molecule has 4 aromatic rings. The van der Waals surface area contributed by atoms with E-state index in [0.29, 0.717) is 22.9 Å². The molecule has 0 saturated heterocycles. The van der Waals surface area contributed by atoms with E-state index in [4.69, 9.17) is 16.6 Å². The molecule has 0 radical (unpaired) electrons. The van der Waals surface area contributed by atoms with E-state index in [2.05, 4.69) is 14.9 Å². The molecule has 5 nitrogen and oxygen atoms in total. The molecule has 0 unspecified atom stereocenters. The van der Waals surface area contributed by atoms with Crippen molar-refractivity contribution >= 4 is 40.3 Å². The number of pyridine rings is 1. The average molecular weight is 483 g/mol. The SMILES string of the molecule is CC[C@@H](C)NC(=O)c1ccc(Cn2c(SCc3ccc(F)cc3Cl)nc3ccncc32)cc1. The zero-order valence-corrected chi connectivity index (χ0v) is 20.0. The molecule has 1 atom stereocenters.